The number of carbonyl (C=O) groups excluding carboxylic acids is 1. The van der Waals surface area contributed by atoms with Crippen molar-refractivity contribution < 1.29 is 22.0 Å². The van der Waals surface area contributed by atoms with Crippen LogP contribution in [0.15, 0.2) is 41.3 Å². The van der Waals surface area contributed by atoms with Crippen LogP contribution < -0.4 is 5.32 Å². The van der Waals surface area contributed by atoms with Gasteiger partial charge in [0.15, 0.2) is 0 Å². The standard InChI is InChI=1S/C18H17Cl2F2N3O3S/c19-13-2-1-3-15(18(13)20)23-17(26)11-24-6-8-25(9-7-24)29(27,28)16-10-12(21)4-5-14(16)22/h1-5,10H,6-9,11H2,(H,23,26). The molecule has 0 aromatic heterocycles. The molecule has 2 aromatic rings. The third kappa shape index (κ3) is 5.04. The minimum atomic E-state index is -4.17. The first kappa shape index (κ1) is 21.9. The van der Waals surface area contributed by atoms with Crippen molar-refractivity contribution in [2.45, 2.75) is 4.90 Å². The summed E-state index contributed by atoms with van der Waals surface area (Å²) in [7, 11) is -4.17. The molecule has 11 heteroatoms. The molecule has 6 nitrogen and oxygen atoms in total. The summed E-state index contributed by atoms with van der Waals surface area (Å²) in [6.45, 7) is 0.623. The summed E-state index contributed by atoms with van der Waals surface area (Å²) in [6, 6.07) is 7.17. The van der Waals surface area contributed by atoms with Crippen molar-refractivity contribution in [3.63, 3.8) is 0 Å². The SMILES string of the molecule is O=C(CN1CCN(S(=O)(=O)c2cc(F)ccc2F)CC1)Nc1cccc(Cl)c1Cl. The lowest BCUT2D eigenvalue weighted by atomic mass is 10.3. The molecule has 2 aromatic carbocycles. The highest BCUT2D eigenvalue weighted by atomic mass is 35.5. The third-order valence-corrected chi connectivity index (χ3v) is 7.17. The number of halogens is 4. The number of nitrogens with one attached hydrogen (secondary N) is 1. The predicted molar refractivity (Wildman–Crippen MR) is 107 cm³/mol. The Balaban J connectivity index is 1.59. The first-order chi connectivity index (χ1) is 13.7. The summed E-state index contributed by atoms with van der Waals surface area (Å²) in [5.41, 5.74) is 0.381. The van der Waals surface area contributed by atoms with Crippen molar-refractivity contribution in [1.29, 1.82) is 0 Å². The lowest BCUT2D eigenvalue weighted by Gasteiger charge is -2.33. The highest BCUT2D eigenvalue weighted by Gasteiger charge is 2.31. The van der Waals surface area contributed by atoms with Crippen LogP contribution >= 0.6 is 23.2 Å². The summed E-state index contributed by atoms with van der Waals surface area (Å²) in [4.78, 5) is 13.3. The molecule has 1 amide bonds. The molecule has 0 aliphatic carbocycles. The van der Waals surface area contributed by atoms with Crippen molar-refractivity contribution in [2.75, 3.05) is 38.0 Å². The Labute approximate surface area is 177 Å². The number of sulfonamides is 1. The quantitative estimate of drug-likeness (QED) is 0.738. The molecule has 1 aliphatic heterocycles. The maximum Gasteiger partial charge on any atom is 0.246 e. The van der Waals surface area contributed by atoms with Crippen LogP contribution in [0.25, 0.3) is 0 Å². The Bertz CT molecular complexity index is 1030. The zero-order valence-corrected chi connectivity index (χ0v) is 17.4. The van der Waals surface area contributed by atoms with E-state index in [9.17, 15) is 22.0 Å². The molecular weight excluding hydrogens is 447 g/mol. The van der Waals surface area contributed by atoms with E-state index < -0.39 is 26.6 Å². The van der Waals surface area contributed by atoms with Crippen LogP contribution in [-0.2, 0) is 14.8 Å². The number of piperazine rings is 1. The predicted octanol–water partition coefficient (Wildman–Crippen LogP) is 3.22. The monoisotopic (exact) mass is 463 g/mol. The number of anilines is 1. The summed E-state index contributed by atoms with van der Waals surface area (Å²) in [6.07, 6.45) is 0. The van der Waals surface area contributed by atoms with E-state index >= 15 is 0 Å². The van der Waals surface area contributed by atoms with Gasteiger partial charge >= 0.3 is 0 Å². The first-order valence-electron chi connectivity index (χ1n) is 8.60. The van der Waals surface area contributed by atoms with E-state index in [0.29, 0.717) is 16.8 Å². The van der Waals surface area contributed by atoms with Gasteiger partial charge in [0.05, 0.1) is 22.3 Å². The highest BCUT2D eigenvalue weighted by molar-refractivity contribution is 7.89. The Hall–Kier alpha value is -1.78. The molecule has 1 N–H and O–H groups in total. The average Bonchev–Trinajstić information content (AvgIpc) is 2.67. The third-order valence-electron chi connectivity index (χ3n) is 4.44. The van der Waals surface area contributed by atoms with E-state index in [4.69, 9.17) is 23.2 Å². The van der Waals surface area contributed by atoms with Gasteiger partial charge in [0.1, 0.15) is 16.5 Å². The second kappa shape index (κ2) is 8.93. The molecule has 0 spiro atoms. The van der Waals surface area contributed by atoms with E-state index in [-0.39, 0.29) is 43.7 Å². The van der Waals surface area contributed by atoms with Crippen LogP contribution in [0.4, 0.5) is 14.5 Å². The van der Waals surface area contributed by atoms with E-state index in [2.05, 4.69) is 5.32 Å². The van der Waals surface area contributed by atoms with Gasteiger partial charge in [0.2, 0.25) is 15.9 Å². The minimum Gasteiger partial charge on any atom is -0.324 e. The fraction of sp³-hybridized carbons (Fsp3) is 0.278. The molecule has 0 bridgehead atoms. The minimum absolute atomic E-state index is 0.0189. The molecule has 0 unspecified atom stereocenters. The molecule has 0 saturated carbocycles. The van der Waals surface area contributed by atoms with Crippen LogP contribution in [0.2, 0.25) is 10.0 Å². The summed E-state index contributed by atoms with van der Waals surface area (Å²) in [5.74, 6) is -2.17. The lowest BCUT2D eigenvalue weighted by Crippen LogP contribution is -2.50. The molecular formula is C18H17Cl2F2N3O3S. The maximum atomic E-state index is 13.9. The van der Waals surface area contributed by atoms with E-state index in [1.165, 1.54) is 0 Å². The van der Waals surface area contributed by atoms with Gasteiger partial charge in [-0.05, 0) is 30.3 Å². The fourth-order valence-corrected chi connectivity index (χ4v) is 4.78. The van der Waals surface area contributed by atoms with Crippen LogP contribution in [0.1, 0.15) is 0 Å². The lowest BCUT2D eigenvalue weighted by molar-refractivity contribution is -0.117. The average molecular weight is 464 g/mol. The van der Waals surface area contributed by atoms with Crippen molar-refractivity contribution in [1.82, 2.24) is 9.21 Å². The second-order valence-electron chi connectivity index (χ2n) is 6.40. The molecule has 29 heavy (non-hydrogen) atoms. The van der Waals surface area contributed by atoms with Crippen LogP contribution in [0.3, 0.4) is 0 Å². The molecule has 1 heterocycles. The van der Waals surface area contributed by atoms with Gasteiger partial charge in [-0.15, -0.1) is 0 Å². The second-order valence-corrected chi connectivity index (χ2v) is 9.10. The zero-order valence-electron chi connectivity index (χ0n) is 15.0. The number of carbonyl (C=O) groups is 1. The molecule has 3 rings (SSSR count). The Morgan fingerprint density at radius 2 is 1.76 bits per heavy atom. The van der Waals surface area contributed by atoms with Crippen molar-refractivity contribution in [3.8, 4) is 0 Å². The number of hydrogen-bond acceptors (Lipinski definition) is 4. The van der Waals surface area contributed by atoms with Crippen LogP contribution in [-0.4, -0.2) is 56.3 Å². The fourth-order valence-electron chi connectivity index (χ4n) is 2.94. The largest absolute Gasteiger partial charge is 0.324 e. The number of benzene rings is 2. The maximum absolute atomic E-state index is 13.9. The number of amides is 1. The zero-order chi connectivity index (χ0) is 21.2. The van der Waals surface area contributed by atoms with Crippen molar-refractivity contribution in [2.24, 2.45) is 0 Å². The summed E-state index contributed by atoms with van der Waals surface area (Å²) < 4.78 is 53.5. The highest BCUT2D eigenvalue weighted by Crippen LogP contribution is 2.29. The molecule has 0 radical (unpaired) electrons. The van der Waals surface area contributed by atoms with Gasteiger partial charge in [0.25, 0.3) is 0 Å². The smallest absolute Gasteiger partial charge is 0.246 e. The molecule has 1 aliphatic rings. The van der Waals surface area contributed by atoms with Gasteiger partial charge in [0, 0.05) is 26.2 Å². The Morgan fingerprint density at radius 3 is 2.45 bits per heavy atom. The first-order valence-corrected chi connectivity index (χ1v) is 10.8. The van der Waals surface area contributed by atoms with Gasteiger partial charge < -0.3 is 5.32 Å². The van der Waals surface area contributed by atoms with Crippen molar-refractivity contribution >= 4 is 44.8 Å². The Morgan fingerprint density at radius 1 is 1.07 bits per heavy atom. The van der Waals surface area contributed by atoms with Gasteiger partial charge in [-0.25, -0.2) is 17.2 Å². The summed E-state index contributed by atoms with van der Waals surface area (Å²) in [5, 5.41) is 3.20. The molecule has 0 atom stereocenters. The van der Waals surface area contributed by atoms with Crippen LogP contribution in [0.5, 0.6) is 0 Å². The number of hydrogen-bond donors (Lipinski definition) is 1. The molecule has 156 valence electrons. The van der Waals surface area contributed by atoms with Gasteiger partial charge in [-0.1, -0.05) is 29.3 Å². The Kier molecular flexibility index (Phi) is 6.75. The van der Waals surface area contributed by atoms with Gasteiger partial charge in [-0.3, -0.25) is 9.69 Å². The summed E-state index contributed by atoms with van der Waals surface area (Å²) >= 11 is 12.0. The van der Waals surface area contributed by atoms with E-state index in [1.54, 1.807) is 23.1 Å². The number of rotatable bonds is 5. The van der Waals surface area contributed by atoms with Gasteiger partial charge in [-0.2, -0.15) is 4.31 Å². The van der Waals surface area contributed by atoms with Crippen LogP contribution in [0, 0.1) is 11.6 Å². The molecule has 1 fully saturated rings. The normalized spacial score (nSPS) is 16.0. The number of nitrogens with zero attached hydrogens (tertiary/aromatic N) is 2. The topological polar surface area (TPSA) is 69.7 Å². The molecule has 1 saturated heterocycles. The van der Waals surface area contributed by atoms with Crippen molar-refractivity contribution in [3.05, 3.63) is 58.1 Å². The van der Waals surface area contributed by atoms with E-state index in [0.717, 1.165) is 16.4 Å². The van der Waals surface area contributed by atoms with E-state index in [1.807, 2.05) is 0 Å².